The number of aryl methyl sites for hydroxylation is 3. The molecule has 0 unspecified atom stereocenters. The number of hydrogen-bond acceptors (Lipinski definition) is 5. The Balaban J connectivity index is 1.71. The van der Waals surface area contributed by atoms with Gasteiger partial charge in [0.05, 0.1) is 24.7 Å². The molecule has 1 heterocycles. The van der Waals surface area contributed by atoms with Gasteiger partial charge in [-0.1, -0.05) is 18.2 Å². The summed E-state index contributed by atoms with van der Waals surface area (Å²) < 4.78 is 26.2. The molecule has 6 nitrogen and oxygen atoms in total. The number of nitrogens with zero attached hydrogens (tertiary/aromatic N) is 2. The van der Waals surface area contributed by atoms with Crippen molar-refractivity contribution in [1.82, 2.24) is 5.43 Å². The fraction of sp³-hybridized carbons (Fsp3) is 0.217. The second-order valence-electron chi connectivity index (χ2n) is 7.40. The number of sulfonamides is 1. The van der Waals surface area contributed by atoms with Crippen LogP contribution in [0.2, 0.25) is 0 Å². The van der Waals surface area contributed by atoms with Gasteiger partial charge in [-0.3, -0.25) is 9.10 Å². The number of benzene rings is 2. The average molecular weight is 456 g/mol. The van der Waals surface area contributed by atoms with Gasteiger partial charge in [0.15, 0.2) is 0 Å². The highest BCUT2D eigenvalue weighted by molar-refractivity contribution is 7.92. The topological polar surface area (TPSA) is 78.8 Å². The van der Waals surface area contributed by atoms with E-state index in [1.165, 1.54) is 10.6 Å². The van der Waals surface area contributed by atoms with E-state index < -0.39 is 10.0 Å². The maximum Gasteiger partial charge on any atom is 0.271 e. The highest BCUT2D eigenvalue weighted by atomic mass is 32.2. The third kappa shape index (κ3) is 5.80. The third-order valence-electron chi connectivity index (χ3n) is 4.97. The van der Waals surface area contributed by atoms with Crippen LogP contribution in [0.15, 0.2) is 59.0 Å². The van der Waals surface area contributed by atoms with Crippen molar-refractivity contribution in [3.8, 4) is 0 Å². The first-order chi connectivity index (χ1) is 14.6. The number of hydrazone groups is 1. The number of thiophene rings is 1. The molecule has 162 valence electrons. The Labute approximate surface area is 187 Å². The standard InChI is InChI=1S/C23H25N3O3S2/c1-16-5-10-21(13-18(16)3)26(31(4,28)29)15-19-6-8-20(9-7-19)23(27)25-24-14-22-17(2)11-12-30-22/h5-14H,15H2,1-4H3,(H,25,27)/b24-14-. The van der Waals surface area contributed by atoms with Crippen LogP contribution in [0.5, 0.6) is 0 Å². The Bertz CT molecular complexity index is 1210. The molecule has 2 aromatic carbocycles. The minimum Gasteiger partial charge on any atom is -0.267 e. The van der Waals surface area contributed by atoms with Crippen LogP contribution in [0.25, 0.3) is 0 Å². The van der Waals surface area contributed by atoms with Gasteiger partial charge < -0.3 is 0 Å². The van der Waals surface area contributed by atoms with E-state index in [1.54, 1.807) is 47.9 Å². The van der Waals surface area contributed by atoms with Crippen LogP contribution in [-0.2, 0) is 16.6 Å². The summed E-state index contributed by atoms with van der Waals surface area (Å²) in [4.78, 5) is 13.3. The highest BCUT2D eigenvalue weighted by Crippen LogP contribution is 2.23. The first kappa shape index (κ1) is 22.7. The molecule has 31 heavy (non-hydrogen) atoms. The van der Waals surface area contributed by atoms with Crippen molar-refractivity contribution in [2.75, 3.05) is 10.6 Å². The van der Waals surface area contributed by atoms with E-state index in [-0.39, 0.29) is 12.5 Å². The quantitative estimate of drug-likeness (QED) is 0.424. The molecular weight excluding hydrogens is 430 g/mol. The van der Waals surface area contributed by atoms with Crippen LogP contribution in [0.3, 0.4) is 0 Å². The number of carbonyl (C=O) groups excluding carboxylic acids is 1. The number of rotatable bonds is 7. The third-order valence-corrected chi connectivity index (χ3v) is 7.06. The molecule has 3 aromatic rings. The van der Waals surface area contributed by atoms with Gasteiger partial charge in [-0.15, -0.1) is 11.3 Å². The monoisotopic (exact) mass is 455 g/mol. The number of carbonyl (C=O) groups is 1. The summed E-state index contributed by atoms with van der Waals surface area (Å²) in [6.07, 6.45) is 2.82. The minimum absolute atomic E-state index is 0.180. The van der Waals surface area contributed by atoms with Crippen LogP contribution in [0, 0.1) is 20.8 Å². The van der Waals surface area contributed by atoms with Gasteiger partial charge in [0.1, 0.15) is 0 Å². The van der Waals surface area contributed by atoms with Crippen molar-refractivity contribution >= 4 is 39.2 Å². The van der Waals surface area contributed by atoms with Gasteiger partial charge in [0, 0.05) is 10.4 Å². The Morgan fingerprint density at radius 3 is 2.32 bits per heavy atom. The van der Waals surface area contributed by atoms with Gasteiger partial charge in [0.2, 0.25) is 10.0 Å². The lowest BCUT2D eigenvalue weighted by Gasteiger charge is -2.23. The zero-order valence-corrected chi connectivity index (χ0v) is 19.5. The Kier molecular flexibility index (Phi) is 6.92. The lowest BCUT2D eigenvalue weighted by atomic mass is 10.1. The summed E-state index contributed by atoms with van der Waals surface area (Å²) in [6.45, 7) is 6.10. The normalized spacial score (nSPS) is 11.6. The van der Waals surface area contributed by atoms with Crippen LogP contribution in [-0.4, -0.2) is 26.8 Å². The van der Waals surface area contributed by atoms with Gasteiger partial charge >= 0.3 is 0 Å². The van der Waals surface area contributed by atoms with Crippen molar-refractivity contribution in [2.45, 2.75) is 27.3 Å². The number of anilines is 1. The number of amides is 1. The molecule has 0 saturated carbocycles. The summed E-state index contributed by atoms with van der Waals surface area (Å²) in [5.41, 5.74) is 7.58. The van der Waals surface area contributed by atoms with E-state index in [1.807, 2.05) is 44.4 Å². The maximum atomic E-state index is 12.4. The molecular formula is C23H25N3O3S2. The van der Waals surface area contributed by atoms with E-state index in [9.17, 15) is 13.2 Å². The van der Waals surface area contributed by atoms with Crippen LogP contribution in [0.4, 0.5) is 5.69 Å². The molecule has 8 heteroatoms. The van der Waals surface area contributed by atoms with E-state index in [0.29, 0.717) is 11.3 Å². The van der Waals surface area contributed by atoms with Crippen molar-refractivity contribution < 1.29 is 13.2 Å². The first-order valence-electron chi connectivity index (χ1n) is 9.66. The van der Waals surface area contributed by atoms with Crippen molar-refractivity contribution in [1.29, 1.82) is 0 Å². The summed E-state index contributed by atoms with van der Waals surface area (Å²) in [6, 6.07) is 14.4. The van der Waals surface area contributed by atoms with E-state index >= 15 is 0 Å². The second kappa shape index (κ2) is 9.45. The minimum atomic E-state index is -3.47. The van der Waals surface area contributed by atoms with E-state index in [2.05, 4.69) is 10.5 Å². The molecule has 0 aliphatic carbocycles. The van der Waals surface area contributed by atoms with Crippen molar-refractivity contribution in [2.24, 2.45) is 5.10 Å². The predicted octanol–water partition coefficient (Wildman–Crippen LogP) is 4.40. The number of hydrogen-bond donors (Lipinski definition) is 1. The molecule has 0 saturated heterocycles. The summed E-state index contributed by atoms with van der Waals surface area (Å²) >= 11 is 1.55. The fourth-order valence-corrected chi connectivity index (χ4v) is 4.61. The first-order valence-corrected chi connectivity index (χ1v) is 12.4. The summed E-state index contributed by atoms with van der Waals surface area (Å²) in [5.74, 6) is -0.328. The molecule has 0 fully saturated rings. The molecule has 0 bridgehead atoms. The van der Waals surface area contributed by atoms with Crippen molar-refractivity contribution in [3.05, 3.63) is 86.6 Å². The van der Waals surface area contributed by atoms with Crippen LogP contribution >= 0.6 is 11.3 Å². The SMILES string of the molecule is Cc1ccc(N(Cc2ccc(C(=O)N/N=C\c3sccc3C)cc2)S(C)(=O)=O)cc1C. The highest BCUT2D eigenvalue weighted by Gasteiger charge is 2.18. The maximum absolute atomic E-state index is 12.4. The molecule has 1 aromatic heterocycles. The number of nitrogens with one attached hydrogen (secondary N) is 1. The molecule has 3 rings (SSSR count). The molecule has 0 aliphatic heterocycles. The molecule has 0 radical (unpaired) electrons. The Hall–Kier alpha value is -2.97. The molecule has 1 N–H and O–H groups in total. The summed E-state index contributed by atoms with van der Waals surface area (Å²) in [7, 11) is -3.47. The lowest BCUT2D eigenvalue weighted by Crippen LogP contribution is -2.29. The van der Waals surface area contributed by atoms with Crippen LogP contribution < -0.4 is 9.73 Å². The van der Waals surface area contributed by atoms with Gasteiger partial charge in [-0.05, 0) is 78.7 Å². The molecule has 0 spiro atoms. The molecule has 0 aliphatic rings. The second-order valence-corrected chi connectivity index (χ2v) is 10.3. The van der Waals surface area contributed by atoms with Gasteiger partial charge in [-0.25, -0.2) is 13.8 Å². The molecule has 0 atom stereocenters. The van der Waals surface area contributed by atoms with Gasteiger partial charge in [0.25, 0.3) is 5.91 Å². The van der Waals surface area contributed by atoms with Crippen molar-refractivity contribution in [3.63, 3.8) is 0 Å². The van der Waals surface area contributed by atoms with Gasteiger partial charge in [-0.2, -0.15) is 5.10 Å². The smallest absolute Gasteiger partial charge is 0.267 e. The fourth-order valence-electron chi connectivity index (χ4n) is 2.94. The largest absolute Gasteiger partial charge is 0.271 e. The Morgan fingerprint density at radius 2 is 1.74 bits per heavy atom. The average Bonchev–Trinajstić information content (AvgIpc) is 3.12. The lowest BCUT2D eigenvalue weighted by molar-refractivity contribution is 0.0955. The molecule has 1 amide bonds. The Morgan fingerprint density at radius 1 is 1.03 bits per heavy atom. The van der Waals surface area contributed by atoms with E-state index in [0.717, 1.165) is 27.1 Å². The summed E-state index contributed by atoms with van der Waals surface area (Å²) in [5, 5.41) is 5.97. The predicted molar refractivity (Wildman–Crippen MR) is 128 cm³/mol. The van der Waals surface area contributed by atoms with Crippen LogP contribution in [0.1, 0.15) is 37.5 Å². The van der Waals surface area contributed by atoms with E-state index in [4.69, 9.17) is 0 Å². The zero-order chi connectivity index (χ0) is 22.6. The zero-order valence-electron chi connectivity index (χ0n) is 17.9.